The Kier molecular flexibility index (Phi) is 4.30. The van der Waals surface area contributed by atoms with Gasteiger partial charge in [0, 0.05) is 30.4 Å². The Morgan fingerprint density at radius 1 is 1.00 bits per heavy atom. The smallest absolute Gasteiger partial charge is 0.121 e. The van der Waals surface area contributed by atoms with Crippen molar-refractivity contribution in [1.29, 1.82) is 0 Å². The Bertz CT molecular complexity index is 899. The Morgan fingerprint density at radius 2 is 1.84 bits per heavy atom. The number of aromatic nitrogens is 1. The molecule has 0 bridgehead atoms. The van der Waals surface area contributed by atoms with Crippen molar-refractivity contribution in [2.45, 2.75) is 26.4 Å². The van der Waals surface area contributed by atoms with Crippen molar-refractivity contribution in [2.24, 2.45) is 4.99 Å². The van der Waals surface area contributed by atoms with Crippen LogP contribution in [0.3, 0.4) is 0 Å². The van der Waals surface area contributed by atoms with Crippen molar-refractivity contribution in [1.82, 2.24) is 4.98 Å². The summed E-state index contributed by atoms with van der Waals surface area (Å²) in [6.07, 6.45) is 5.55. The summed E-state index contributed by atoms with van der Waals surface area (Å²) in [5, 5.41) is 0. The normalized spacial score (nSPS) is 12.6. The van der Waals surface area contributed by atoms with E-state index in [0.717, 1.165) is 35.6 Å². The molecule has 0 N–H and O–H groups in total. The van der Waals surface area contributed by atoms with Crippen LogP contribution >= 0.6 is 0 Å². The third kappa shape index (κ3) is 3.45. The van der Waals surface area contributed by atoms with Crippen molar-refractivity contribution >= 4 is 11.4 Å². The van der Waals surface area contributed by atoms with Crippen LogP contribution in [0.4, 0.5) is 5.69 Å². The van der Waals surface area contributed by atoms with Crippen molar-refractivity contribution in [3.63, 3.8) is 0 Å². The van der Waals surface area contributed by atoms with Gasteiger partial charge in [0.05, 0.1) is 11.4 Å². The van der Waals surface area contributed by atoms with Gasteiger partial charge >= 0.3 is 0 Å². The summed E-state index contributed by atoms with van der Waals surface area (Å²) < 4.78 is 5.95. The standard InChI is InChI=1S/C22H20N2O/c1-2-16-5-7-17(8-6-16)15-25-20-10-9-18-12-21(24-22(18)13-20)19-4-3-11-23-14-19/h3-11,13-14H,2,12,15H2,1H3. The van der Waals surface area contributed by atoms with Crippen LogP contribution in [0.25, 0.3) is 0 Å². The molecule has 124 valence electrons. The molecule has 0 saturated carbocycles. The van der Waals surface area contributed by atoms with Crippen LogP contribution in [0.2, 0.25) is 0 Å². The fraction of sp³-hybridized carbons (Fsp3) is 0.182. The SMILES string of the molecule is CCc1ccc(COc2ccc3c(c2)N=C(c2cccnc2)C3)cc1. The zero-order valence-corrected chi connectivity index (χ0v) is 14.3. The molecule has 3 nitrogen and oxygen atoms in total. The molecular formula is C22H20N2O. The maximum Gasteiger partial charge on any atom is 0.121 e. The Balaban J connectivity index is 1.47. The summed E-state index contributed by atoms with van der Waals surface area (Å²) in [6.45, 7) is 2.73. The van der Waals surface area contributed by atoms with E-state index in [2.05, 4.69) is 48.3 Å². The van der Waals surface area contributed by atoms with E-state index < -0.39 is 0 Å². The van der Waals surface area contributed by atoms with Gasteiger partial charge in [-0.15, -0.1) is 0 Å². The van der Waals surface area contributed by atoms with Crippen LogP contribution in [0, 0.1) is 0 Å². The van der Waals surface area contributed by atoms with Gasteiger partial charge in [-0.2, -0.15) is 0 Å². The van der Waals surface area contributed by atoms with E-state index >= 15 is 0 Å². The monoisotopic (exact) mass is 328 g/mol. The molecule has 0 unspecified atom stereocenters. The molecule has 0 radical (unpaired) electrons. The fourth-order valence-corrected chi connectivity index (χ4v) is 2.99. The first-order valence-electron chi connectivity index (χ1n) is 8.63. The molecule has 1 aliphatic heterocycles. The zero-order chi connectivity index (χ0) is 17.1. The molecule has 1 aliphatic rings. The van der Waals surface area contributed by atoms with Gasteiger partial charge in [-0.1, -0.05) is 43.3 Å². The summed E-state index contributed by atoms with van der Waals surface area (Å²) in [5.74, 6) is 0.856. The molecule has 25 heavy (non-hydrogen) atoms. The van der Waals surface area contributed by atoms with Gasteiger partial charge in [-0.05, 0) is 35.2 Å². The third-order valence-electron chi connectivity index (χ3n) is 4.50. The minimum atomic E-state index is 0.571. The maximum absolute atomic E-state index is 5.95. The van der Waals surface area contributed by atoms with Crippen LogP contribution in [0.5, 0.6) is 5.75 Å². The predicted octanol–water partition coefficient (Wildman–Crippen LogP) is 4.90. The molecule has 0 aliphatic carbocycles. The van der Waals surface area contributed by atoms with E-state index in [0.29, 0.717) is 6.61 Å². The van der Waals surface area contributed by atoms with E-state index in [1.165, 1.54) is 16.7 Å². The lowest BCUT2D eigenvalue weighted by Gasteiger charge is -2.08. The molecule has 1 aromatic heterocycles. The average molecular weight is 328 g/mol. The number of hydrogen-bond acceptors (Lipinski definition) is 3. The number of rotatable bonds is 5. The number of nitrogens with zero attached hydrogens (tertiary/aromatic N) is 2. The Labute approximate surface area is 148 Å². The topological polar surface area (TPSA) is 34.5 Å². The summed E-state index contributed by atoms with van der Waals surface area (Å²) >= 11 is 0. The van der Waals surface area contributed by atoms with Crippen molar-refractivity contribution in [3.8, 4) is 5.75 Å². The number of pyridine rings is 1. The largest absolute Gasteiger partial charge is 0.489 e. The molecule has 3 aromatic rings. The molecule has 3 heteroatoms. The van der Waals surface area contributed by atoms with Crippen LogP contribution < -0.4 is 4.74 Å². The van der Waals surface area contributed by atoms with E-state index in [9.17, 15) is 0 Å². The number of benzene rings is 2. The zero-order valence-electron chi connectivity index (χ0n) is 14.3. The average Bonchev–Trinajstić information content (AvgIpc) is 3.11. The minimum absolute atomic E-state index is 0.571. The molecule has 0 atom stereocenters. The highest BCUT2D eigenvalue weighted by atomic mass is 16.5. The lowest BCUT2D eigenvalue weighted by Crippen LogP contribution is -2.00. The molecule has 0 saturated heterocycles. The van der Waals surface area contributed by atoms with E-state index in [-0.39, 0.29) is 0 Å². The summed E-state index contributed by atoms with van der Waals surface area (Å²) in [5.41, 5.74) is 6.90. The minimum Gasteiger partial charge on any atom is -0.489 e. The highest BCUT2D eigenvalue weighted by Gasteiger charge is 2.16. The Morgan fingerprint density at radius 3 is 2.60 bits per heavy atom. The number of aliphatic imine (C=N–C) groups is 1. The lowest BCUT2D eigenvalue weighted by molar-refractivity contribution is 0.306. The van der Waals surface area contributed by atoms with E-state index in [4.69, 9.17) is 9.73 Å². The predicted molar refractivity (Wildman–Crippen MR) is 101 cm³/mol. The third-order valence-corrected chi connectivity index (χ3v) is 4.50. The number of fused-ring (bicyclic) bond motifs is 1. The highest BCUT2D eigenvalue weighted by Crippen LogP contribution is 2.32. The van der Waals surface area contributed by atoms with Crippen molar-refractivity contribution in [3.05, 3.63) is 89.2 Å². The van der Waals surface area contributed by atoms with E-state index in [1.807, 2.05) is 24.4 Å². The molecule has 0 spiro atoms. The van der Waals surface area contributed by atoms with Gasteiger partial charge in [0.15, 0.2) is 0 Å². The molecule has 4 rings (SSSR count). The Hall–Kier alpha value is -2.94. The van der Waals surface area contributed by atoms with Gasteiger partial charge in [0.2, 0.25) is 0 Å². The van der Waals surface area contributed by atoms with Crippen LogP contribution in [-0.4, -0.2) is 10.7 Å². The summed E-state index contributed by atoms with van der Waals surface area (Å²) in [7, 11) is 0. The van der Waals surface area contributed by atoms with Gasteiger partial charge in [0.1, 0.15) is 12.4 Å². The van der Waals surface area contributed by atoms with Crippen molar-refractivity contribution < 1.29 is 4.74 Å². The molecule has 0 fully saturated rings. The van der Waals surface area contributed by atoms with Gasteiger partial charge in [-0.25, -0.2) is 0 Å². The van der Waals surface area contributed by atoms with Gasteiger partial charge < -0.3 is 4.74 Å². The van der Waals surface area contributed by atoms with Crippen molar-refractivity contribution in [2.75, 3.05) is 0 Å². The second-order valence-electron chi connectivity index (χ2n) is 6.23. The second kappa shape index (κ2) is 6.89. The van der Waals surface area contributed by atoms with Gasteiger partial charge in [0.25, 0.3) is 0 Å². The summed E-state index contributed by atoms with van der Waals surface area (Å²) in [6, 6.07) is 18.7. The van der Waals surface area contributed by atoms with E-state index in [1.54, 1.807) is 6.20 Å². The quantitative estimate of drug-likeness (QED) is 0.667. The number of hydrogen-bond donors (Lipinski definition) is 0. The first-order valence-corrected chi connectivity index (χ1v) is 8.63. The molecule has 2 aromatic carbocycles. The van der Waals surface area contributed by atoms with Gasteiger partial charge in [-0.3, -0.25) is 9.98 Å². The molecule has 2 heterocycles. The lowest BCUT2D eigenvalue weighted by atomic mass is 10.1. The van der Waals surface area contributed by atoms with Crippen LogP contribution in [0.15, 0.2) is 72.0 Å². The highest BCUT2D eigenvalue weighted by molar-refractivity contribution is 6.06. The summed E-state index contributed by atoms with van der Waals surface area (Å²) in [4.78, 5) is 8.94. The molecule has 0 amide bonds. The maximum atomic E-state index is 5.95. The first kappa shape index (κ1) is 15.6. The number of aryl methyl sites for hydroxylation is 1. The van der Waals surface area contributed by atoms with Crippen LogP contribution in [0.1, 0.15) is 29.2 Å². The fourth-order valence-electron chi connectivity index (χ4n) is 2.99. The second-order valence-corrected chi connectivity index (χ2v) is 6.23. The number of ether oxygens (including phenoxy) is 1. The first-order chi connectivity index (χ1) is 12.3. The molecular weight excluding hydrogens is 308 g/mol. The van der Waals surface area contributed by atoms with Crippen LogP contribution in [-0.2, 0) is 19.4 Å².